The molecule has 0 heterocycles. The molecule has 1 unspecified atom stereocenters. The summed E-state index contributed by atoms with van der Waals surface area (Å²) in [5, 5.41) is 9.47. The Labute approximate surface area is 105 Å². The summed E-state index contributed by atoms with van der Waals surface area (Å²) in [6.07, 6.45) is 0.347. The molecular weight excluding hydrogens is 245 g/mol. The number of aliphatic carboxylic acids is 1. The molecule has 0 fully saturated rings. The SMILES string of the molecule is CN(C)CCC(C(=O)O)c1cc(Cl)ccc1F. The smallest absolute Gasteiger partial charge is 0.311 e. The molecule has 5 heteroatoms. The molecule has 0 amide bonds. The van der Waals surface area contributed by atoms with Crippen molar-refractivity contribution in [1.82, 2.24) is 4.90 Å². The van der Waals surface area contributed by atoms with Gasteiger partial charge in [-0.05, 0) is 45.3 Å². The summed E-state index contributed by atoms with van der Waals surface area (Å²) in [6.45, 7) is 0.572. The van der Waals surface area contributed by atoms with Crippen LogP contribution in [0.3, 0.4) is 0 Å². The van der Waals surface area contributed by atoms with Crippen LogP contribution in [0, 0.1) is 5.82 Å². The largest absolute Gasteiger partial charge is 0.481 e. The molecular formula is C12H15ClFNO2. The topological polar surface area (TPSA) is 40.5 Å². The van der Waals surface area contributed by atoms with E-state index in [9.17, 15) is 9.18 Å². The van der Waals surface area contributed by atoms with Crippen molar-refractivity contribution in [2.24, 2.45) is 0 Å². The van der Waals surface area contributed by atoms with E-state index >= 15 is 0 Å². The van der Waals surface area contributed by atoms with E-state index in [1.807, 2.05) is 19.0 Å². The number of hydrogen-bond donors (Lipinski definition) is 1. The molecule has 3 nitrogen and oxygen atoms in total. The highest BCUT2D eigenvalue weighted by Crippen LogP contribution is 2.26. The molecule has 1 aromatic carbocycles. The fourth-order valence-electron chi connectivity index (χ4n) is 1.58. The summed E-state index contributed by atoms with van der Waals surface area (Å²) in [4.78, 5) is 13.0. The fraction of sp³-hybridized carbons (Fsp3) is 0.417. The number of nitrogens with zero attached hydrogens (tertiary/aromatic N) is 1. The molecule has 0 aliphatic heterocycles. The van der Waals surface area contributed by atoms with Gasteiger partial charge in [0.2, 0.25) is 0 Å². The molecule has 1 rings (SSSR count). The Kier molecular flexibility index (Phi) is 4.90. The lowest BCUT2D eigenvalue weighted by Crippen LogP contribution is -2.21. The van der Waals surface area contributed by atoms with Gasteiger partial charge in [-0.1, -0.05) is 11.6 Å². The van der Waals surface area contributed by atoms with Crippen LogP contribution in [-0.2, 0) is 4.79 Å². The first-order valence-corrected chi connectivity index (χ1v) is 5.62. The predicted molar refractivity (Wildman–Crippen MR) is 65.0 cm³/mol. The number of carboxylic acids is 1. The third kappa shape index (κ3) is 3.98. The van der Waals surface area contributed by atoms with Crippen molar-refractivity contribution in [1.29, 1.82) is 0 Å². The molecule has 17 heavy (non-hydrogen) atoms. The third-order valence-electron chi connectivity index (χ3n) is 2.50. The monoisotopic (exact) mass is 259 g/mol. The standard InChI is InChI=1S/C12H15ClFNO2/c1-15(2)6-5-9(12(16)17)10-7-8(13)3-4-11(10)14/h3-4,7,9H,5-6H2,1-2H3,(H,16,17). The van der Waals surface area contributed by atoms with E-state index in [4.69, 9.17) is 16.7 Å². The van der Waals surface area contributed by atoms with Crippen LogP contribution in [-0.4, -0.2) is 36.6 Å². The lowest BCUT2D eigenvalue weighted by Gasteiger charge is -2.16. The van der Waals surface area contributed by atoms with Crippen molar-refractivity contribution in [3.05, 3.63) is 34.6 Å². The average Bonchev–Trinajstić information content (AvgIpc) is 2.22. The normalized spacial score (nSPS) is 12.8. The Morgan fingerprint density at radius 2 is 2.18 bits per heavy atom. The minimum absolute atomic E-state index is 0.145. The lowest BCUT2D eigenvalue weighted by atomic mass is 9.95. The first-order valence-electron chi connectivity index (χ1n) is 5.24. The molecule has 0 saturated heterocycles. The molecule has 0 aromatic heterocycles. The predicted octanol–water partition coefficient (Wildman–Crippen LogP) is 2.60. The van der Waals surface area contributed by atoms with Crippen LogP contribution < -0.4 is 0 Å². The number of benzene rings is 1. The second kappa shape index (κ2) is 5.98. The highest BCUT2D eigenvalue weighted by atomic mass is 35.5. The minimum atomic E-state index is -1.03. The molecule has 0 radical (unpaired) electrons. The molecule has 0 spiro atoms. The van der Waals surface area contributed by atoms with Crippen molar-refractivity contribution in [3.63, 3.8) is 0 Å². The molecule has 0 saturated carbocycles. The van der Waals surface area contributed by atoms with Gasteiger partial charge < -0.3 is 10.0 Å². The van der Waals surface area contributed by atoms with Crippen LogP contribution in [0.2, 0.25) is 5.02 Å². The Morgan fingerprint density at radius 1 is 1.53 bits per heavy atom. The van der Waals surface area contributed by atoms with Crippen molar-refractivity contribution < 1.29 is 14.3 Å². The van der Waals surface area contributed by atoms with Gasteiger partial charge in [0.05, 0.1) is 5.92 Å². The van der Waals surface area contributed by atoms with Gasteiger partial charge in [0.25, 0.3) is 0 Å². The van der Waals surface area contributed by atoms with Gasteiger partial charge in [-0.25, -0.2) is 4.39 Å². The van der Waals surface area contributed by atoms with E-state index in [0.717, 1.165) is 0 Å². The second-order valence-electron chi connectivity index (χ2n) is 4.15. The van der Waals surface area contributed by atoms with E-state index in [2.05, 4.69) is 0 Å². The Bertz CT molecular complexity index is 409. The number of carboxylic acid groups (broad SMARTS) is 1. The van der Waals surface area contributed by atoms with Gasteiger partial charge in [-0.3, -0.25) is 4.79 Å². The van der Waals surface area contributed by atoms with Crippen LogP contribution in [0.1, 0.15) is 17.9 Å². The van der Waals surface area contributed by atoms with E-state index < -0.39 is 17.7 Å². The number of rotatable bonds is 5. The highest BCUT2D eigenvalue weighted by molar-refractivity contribution is 6.30. The quantitative estimate of drug-likeness (QED) is 0.884. The summed E-state index contributed by atoms with van der Waals surface area (Å²) in [5.41, 5.74) is 0.145. The fourth-order valence-corrected chi connectivity index (χ4v) is 1.76. The zero-order valence-electron chi connectivity index (χ0n) is 9.78. The molecule has 0 aliphatic carbocycles. The van der Waals surface area contributed by atoms with Gasteiger partial charge in [0.15, 0.2) is 0 Å². The van der Waals surface area contributed by atoms with Crippen molar-refractivity contribution in [2.45, 2.75) is 12.3 Å². The molecule has 1 N–H and O–H groups in total. The van der Waals surface area contributed by atoms with Gasteiger partial charge in [0.1, 0.15) is 5.82 Å². The Balaban J connectivity index is 2.97. The molecule has 0 bridgehead atoms. The Morgan fingerprint density at radius 3 is 2.71 bits per heavy atom. The second-order valence-corrected chi connectivity index (χ2v) is 4.59. The van der Waals surface area contributed by atoms with E-state index in [0.29, 0.717) is 18.0 Å². The van der Waals surface area contributed by atoms with Crippen LogP contribution in [0.5, 0.6) is 0 Å². The molecule has 0 aliphatic rings. The van der Waals surface area contributed by atoms with Gasteiger partial charge in [-0.2, -0.15) is 0 Å². The molecule has 1 aromatic rings. The van der Waals surface area contributed by atoms with Crippen LogP contribution in [0.4, 0.5) is 4.39 Å². The van der Waals surface area contributed by atoms with Crippen LogP contribution in [0.15, 0.2) is 18.2 Å². The summed E-state index contributed by atoms with van der Waals surface area (Å²) in [7, 11) is 3.68. The van der Waals surface area contributed by atoms with Gasteiger partial charge in [0, 0.05) is 10.6 Å². The summed E-state index contributed by atoms with van der Waals surface area (Å²) in [6, 6.07) is 3.99. The zero-order valence-corrected chi connectivity index (χ0v) is 10.5. The van der Waals surface area contributed by atoms with E-state index in [1.165, 1.54) is 18.2 Å². The first kappa shape index (κ1) is 13.9. The van der Waals surface area contributed by atoms with Crippen molar-refractivity contribution >= 4 is 17.6 Å². The van der Waals surface area contributed by atoms with E-state index in [-0.39, 0.29) is 5.56 Å². The first-order chi connectivity index (χ1) is 7.91. The molecule has 94 valence electrons. The average molecular weight is 260 g/mol. The summed E-state index contributed by atoms with van der Waals surface area (Å²) in [5.74, 6) is -2.43. The molecule has 1 atom stereocenters. The summed E-state index contributed by atoms with van der Waals surface area (Å²) >= 11 is 5.76. The maximum Gasteiger partial charge on any atom is 0.311 e. The van der Waals surface area contributed by atoms with Crippen molar-refractivity contribution in [3.8, 4) is 0 Å². The number of carbonyl (C=O) groups is 1. The number of hydrogen-bond acceptors (Lipinski definition) is 2. The third-order valence-corrected chi connectivity index (χ3v) is 2.73. The maximum absolute atomic E-state index is 13.6. The maximum atomic E-state index is 13.6. The van der Waals surface area contributed by atoms with Crippen LogP contribution >= 0.6 is 11.6 Å². The zero-order chi connectivity index (χ0) is 13.0. The van der Waals surface area contributed by atoms with Crippen LogP contribution in [0.25, 0.3) is 0 Å². The van der Waals surface area contributed by atoms with Gasteiger partial charge in [-0.15, -0.1) is 0 Å². The van der Waals surface area contributed by atoms with E-state index in [1.54, 1.807) is 0 Å². The highest BCUT2D eigenvalue weighted by Gasteiger charge is 2.23. The Hall–Kier alpha value is -1.13. The van der Waals surface area contributed by atoms with Crippen molar-refractivity contribution in [2.75, 3.05) is 20.6 Å². The van der Waals surface area contributed by atoms with Gasteiger partial charge >= 0.3 is 5.97 Å². The summed E-state index contributed by atoms with van der Waals surface area (Å²) < 4.78 is 13.6. The lowest BCUT2D eigenvalue weighted by molar-refractivity contribution is -0.139. The minimum Gasteiger partial charge on any atom is -0.481 e. The number of halogens is 2.